The van der Waals surface area contributed by atoms with Gasteiger partial charge in [-0.25, -0.2) is 0 Å². The number of benzene rings is 1. The summed E-state index contributed by atoms with van der Waals surface area (Å²) in [4.78, 5) is 1.86. The minimum Gasteiger partial charge on any atom is -0.380 e. The summed E-state index contributed by atoms with van der Waals surface area (Å²) < 4.78 is 0. The topological polar surface area (TPSA) is 59.6 Å². The normalized spacial score (nSPS) is 9.44. The van der Waals surface area contributed by atoms with E-state index < -0.39 is 0 Å². The summed E-state index contributed by atoms with van der Waals surface area (Å²) in [5.74, 6) is 0. The van der Waals surface area contributed by atoms with Gasteiger partial charge in [-0.2, -0.15) is 10.5 Å². The highest BCUT2D eigenvalue weighted by Gasteiger charge is 1.99. The average Bonchev–Trinajstić information content (AvgIpc) is 2.86. The summed E-state index contributed by atoms with van der Waals surface area (Å²) in [5.41, 5.74) is 2.04. The van der Waals surface area contributed by atoms with Crippen LogP contribution in [0.1, 0.15) is 15.3 Å². The molecule has 0 saturated heterocycles. The molecule has 0 amide bonds. The van der Waals surface area contributed by atoms with E-state index >= 15 is 0 Å². The van der Waals surface area contributed by atoms with Crippen LogP contribution >= 0.6 is 11.3 Å². The molecule has 2 rings (SSSR count). The van der Waals surface area contributed by atoms with Crippen molar-refractivity contribution in [1.29, 1.82) is 10.5 Å². The van der Waals surface area contributed by atoms with Crippen LogP contribution < -0.4 is 5.32 Å². The van der Waals surface area contributed by atoms with E-state index in [2.05, 4.69) is 17.5 Å². The molecule has 1 aromatic carbocycles. The van der Waals surface area contributed by atoms with Gasteiger partial charge in [0.1, 0.15) is 10.9 Å². The minimum absolute atomic E-state index is 0.441. The Hall–Kier alpha value is -2.30. The molecule has 1 aromatic heterocycles. The molecule has 4 heteroatoms. The molecule has 88 valence electrons. The standard InChI is InChI=1S/C14H11N3S/c15-8-7-11-1-3-12(4-2-11)17-10-14-6-5-13(9-16)18-14/h1-6,17H,7,10H2. The molecule has 0 unspecified atom stereocenters. The molecule has 0 spiro atoms. The van der Waals surface area contributed by atoms with Gasteiger partial charge in [0, 0.05) is 17.1 Å². The highest BCUT2D eigenvalue weighted by atomic mass is 32.1. The zero-order chi connectivity index (χ0) is 12.8. The van der Waals surface area contributed by atoms with Gasteiger partial charge < -0.3 is 5.32 Å². The van der Waals surface area contributed by atoms with E-state index in [1.54, 1.807) is 0 Å². The Labute approximate surface area is 110 Å². The Balaban J connectivity index is 1.94. The van der Waals surface area contributed by atoms with Gasteiger partial charge >= 0.3 is 0 Å². The third-order valence-corrected chi connectivity index (χ3v) is 3.47. The first-order valence-corrected chi connectivity index (χ1v) is 6.32. The SMILES string of the molecule is N#CCc1ccc(NCc2ccc(C#N)s2)cc1. The van der Waals surface area contributed by atoms with Gasteiger partial charge in [-0.1, -0.05) is 12.1 Å². The average molecular weight is 253 g/mol. The van der Waals surface area contributed by atoms with Gasteiger partial charge in [-0.15, -0.1) is 11.3 Å². The number of hydrogen-bond donors (Lipinski definition) is 1. The fourth-order valence-electron chi connectivity index (χ4n) is 1.55. The maximum atomic E-state index is 8.73. The third kappa shape index (κ3) is 3.10. The second-order valence-corrected chi connectivity index (χ2v) is 4.93. The van der Waals surface area contributed by atoms with Crippen molar-refractivity contribution in [2.24, 2.45) is 0 Å². The molecule has 0 atom stereocenters. The van der Waals surface area contributed by atoms with Gasteiger partial charge in [0.05, 0.1) is 12.5 Å². The predicted octanol–water partition coefficient (Wildman–Crippen LogP) is 3.30. The van der Waals surface area contributed by atoms with E-state index in [9.17, 15) is 0 Å². The van der Waals surface area contributed by atoms with E-state index in [1.165, 1.54) is 11.3 Å². The maximum absolute atomic E-state index is 8.73. The van der Waals surface area contributed by atoms with Gasteiger partial charge in [-0.05, 0) is 29.8 Å². The fourth-order valence-corrected chi connectivity index (χ4v) is 2.30. The van der Waals surface area contributed by atoms with Gasteiger partial charge in [-0.3, -0.25) is 0 Å². The zero-order valence-electron chi connectivity index (χ0n) is 9.68. The molecule has 1 heterocycles. The molecular formula is C14H11N3S. The molecule has 0 bridgehead atoms. The van der Waals surface area contributed by atoms with Crippen LogP contribution in [-0.4, -0.2) is 0 Å². The van der Waals surface area contributed by atoms with Crippen molar-refractivity contribution in [3.05, 3.63) is 51.7 Å². The van der Waals surface area contributed by atoms with Crippen LogP contribution in [0.5, 0.6) is 0 Å². The van der Waals surface area contributed by atoms with Crippen LogP contribution in [0.3, 0.4) is 0 Å². The molecule has 1 N–H and O–H groups in total. The molecule has 0 fully saturated rings. The maximum Gasteiger partial charge on any atom is 0.110 e. The lowest BCUT2D eigenvalue weighted by molar-refractivity contribution is 1.18. The lowest BCUT2D eigenvalue weighted by atomic mass is 10.1. The number of rotatable bonds is 4. The number of hydrogen-bond acceptors (Lipinski definition) is 4. The quantitative estimate of drug-likeness (QED) is 0.909. The third-order valence-electron chi connectivity index (χ3n) is 2.48. The second-order valence-electron chi connectivity index (χ2n) is 3.76. The van der Waals surface area contributed by atoms with E-state index in [1.807, 2.05) is 36.4 Å². The summed E-state index contributed by atoms with van der Waals surface area (Å²) in [6, 6.07) is 15.9. The number of thiophene rings is 1. The van der Waals surface area contributed by atoms with Crippen molar-refractivity contribution in [3.63, 3.8) is 0 Å². The van der Waals surface area contributed by atoms with Crippen LogP contribution in [-0.2, 0) is 13.0 Å². The van der Waals surface area contributed by atoms with Gasteiger partial charge in [0.25, 0.3) is 0 Å². The van der Waals surface area contributed by atoms with Crippen molar-refractivity contribution in [2.45, 2.75) is 13.0 Å². The van der Waals surface area contributed by atoms with E-state index in [0.717, 1.165) is 21.0 Å². The molecule has 3 nitrogen and oxygen atoms in total. The molecule has 2 aromatic rings. The molecule has 0 aliphatic rings. The van der Waals surface area contributed by atoms with Crippen molar-refractivity contribution in [1.82, 2.24) is 0 Å². The largest absolute Gasteiger partial charge is 0.380 e. The van der Waals surface area contributed by atoms with E-state index in [-0.39, 0.29) is 0 Å². The molecular weight excluding hydrogens is 242 g/mol. The first-order chi connectivity index (χ1) is 8.81. The monoisotopic (exact) mass is 253 g/mol. The highest BCUT2D eigenvalue weighted by molar-refractivity contribution is 7.12. The Kier molecular flexibility index (Phi) is 3.96. The summed E-state index contributed by atoms with van der Waals surface area (Å²) in [5, 5.41) is 20.6. The second kappa shape index (κ2) is 5.86. The Morgan fingerprint density at radius 2 is 1.83 bits per heavy atom. The van der Waals surface area contributed by atoms with Crippen molar-refractivity contribution < 1.29 is 0 Å². The Morgan fingerprint density at radius 3 is 2.44 bits per heavy atom. The lowest BCUT2D eigenvalue weighted by Gasteiger charge is -2.05. The Bertz CT molecular complexity index is 599. The Morgan fingerprint density at radius 1 is 1.06 bits per heavy atom. The summed E-state index contributed by atoms with van der Waals surface area (Å²) in [6.07, 6.45) is 0.441. The first-order valence-electron chi connectivity index (χ1n) is 5.50. The van der Waals surface area contributed by atoms with Crippen LogP contribution in [0.4, 0.5) is 5.69 Å². The smallest absolute Gasteiger partial charge is 0.110 e. The molecule has 0 aliphatic heterocycles. The van der Waals surface area contributed by atoms with Crippen LogP contribution in [0, 0.1) is 22.7 Å². The van der Waals surface area contributed by atoms with Crippen LogP contribution in [0.25, 0.3) is 0 Å². The first kappa shape index (κ1) is 12.2. The molecule has 0 saturated carbocycles. The number of anilines is 1. The van der Waals surface area contributed by atoms with E-state index in [0.29, 0.717) is 13.0 Å². The summed E-state index contributed by atoms with van der Waals surface area (Å²) in [7, 11) is 0. The predicted molar refractivity (Wildman–Crippen MR) is 72.1 cm³/mol. The fraction of sp³-hybridized carbons (Fsp3) is 0.143. The van der Waals surface area contributed by atoms with Crippen molar-refractivity contribution in [3.8, 4) is 12.1 Å². The van der Waals surface area contributed by atoms with Crippen molar-refractivity contribution in [2.75, 3.05) is 5.32 Å². The van der Waals surface area contributed by atoms with Crippen LogP contribution in [0.15, 0.2) is 36.4 Å². The molecule has 18 heavy (non-hydrogen) atoms. The van der Waals surface area contributed by atoms with Crippen molar-refractivity contribution >= 4 is 17.0 Å². The number of nitriles is 2. The lowest BCUT2D eigenvalue weighted by Crippen LogP contribution is -1.97. The van der Waals surface area contributed by atoms with Crippen LogP contribution in [0.2, 0.25) is 0 Å². The highest BCUT2D eigenvalue weighted by Crippen LogP contribution is 2.17. The number of nitrogens with one attached hydrogen (secondary N) is 1. The minimum atomic E-state index is 0.441. The van der Waals surface area contributed by atoms with Gasteiger partial charge in [0.15, 0.2) is 0 Å². The van der Waals surface area contributed by atoms with Gasteiger partial charge in [0.2, 0.25) is 0 Å². The van der Waals surface area contributed by atoms with E-state index in [4.69, 9.17) is 10.5 Å². The summed E-state index contributed by atoms with van der Waals surface area (Å²) >= 11 is 1.50. The number of nitrogens with zero attached hydrogens (tertiary/aromatic N) is 2. The molecule has 0 aliphatic carbocycles. The summed E-state index contributed by atoms with van der Waals surface area (Å²) in [6.45, 7) is 0.712. The zero-order valence-corrected chi connectivity index (χ0v) is 10.5. The molecule has 0 radical (unpaired) electrons.